The second-order valence-electron chi connectivity index (χ2n) is 3.57. The summed E-state index contributed by atoms with van der Waals surface area (Å²) in [6.45, 7) is 11.6. The van der Waals surface area contributed by atoms with E-state index in [1.807, 2.05) is 17.7 Å². The smallest absolute Gasteiger partial charge is 0.0739 e. The first-order valence-corrected chi connectivity index (χ1v) is 5.97. The van der Waals surface area contributed by atoms with Crippen molar-refractivity contribution in [1.82, 2.24) is 15.1 Å². The maximum absolute atomic E-state index is 4.44. The van der Waals surface area contributed by atoms with E-state index in [-0.39, 0.29) is 0 Å². The Kier molecular flexibility index (Phi) is 4.54. The molecule has 84 valence electrons. The van der Waals surface area contributed by atoms with Crippen LogP contribution in [0, 0.1) is 6.92 Å². The van der Waals surface area contributed by atoms with Crippen molar-refractivity contribution >= 4 is 15.9 Å². The van der Waals surface area contributed by atoms with E-state index >= 15 is 0 Å². The highest BCUT2D eigenvalue weighted by Crippen LogP contribution is 2.20. The number of nitrogens with one attached hydrogen (secondary N) is 1. The lowest BCUT2D eigenvalue weighted by atomic mass is 10.3. The first-order chi connectivity index (χ1) is 7.10. The topological polar surface area (TPSA) is 29.9 Å². The molecule has 0 saturated carbocycles. The quantitative estimate of drug-likeness (QED) is 0.835. The molecule has 1 atom stereocenters. The molecule has 0 aromatic carbocycles. The zero-order chi connectivity index (χ0) is 11.4. The van der Waals surface area contributed by atoms with Gasteiger partial charge in [0.1, 0.15) is 0 Å². The second-order valence-corrected chi connectivity index (χ2v) is 4.36. The Morgan fingerprint density at radius 2 is 2.33 bits per heavy atom. The minimum Gasteiger partial charge on any atom is -0.305 e. The van der Waals surface area contributed by atoms with Crippen LogP contribution in [0.1, 0.15) is 25.2 Å². The minimum absolute atomic E-state index is 0.317. The van der Waals surface area contributed by atoms with E-state index in [1.54, 1.807) is 0 Å². The van der Waals surface area contributed by atoms with Gasteiger partial charge in [0.15, 0.2) is 0 Å². The summed E-state index contributed by atoms with van der Waals surface area (Å²) in [6, 6.07) is 0.317. The average Bonchev–Trinajstić information content (AvgIpc) is 2.52. The molecule has 0 aliphatic carbocycles. The van der Waals surface area contributed by atoms with Crippen LogP contribution in [-0.2, 0) is 13.1 Å². The van der Waals surface area contributed by atoms with Crippen molar-refractivity contribution in [2.45, 2.75) is 39.9 Å². The molecule has 1 aromatic rings. The molecule has 1 heterocycles. The summed E-state index contributed by atoms with van der Waals surface area (Å²) in [6.07, 6.45) is 1.90. The zero-order valence-electron chi connectivity index (χ0n) is 9.55. The van der Waals surface area contributed by atoms with Gasteiger partial charge in [0, 0.05) is 19.1 Å². The van der Waals surface area contributed by atoms with Gasteiger partial charge < -0.3 is 5.32 Å². The molecule has 4 heteroatoms. The number of hydrogen-bond acceptors (Lipinski definition) is 2. The summed E-state index contributed by atoms with van der Waals surface area (Å²) < 4.78 is 3.12. The van der Waals surface area contributed by atoms with Crippen molar-refractivity contribution in [3.63, 3.8) is 0 Å². The largest absolute Gasteiger partial charge is 0.305 e. The molecule has 0 bridgehead atoms. The SMILES string of the molecule is C=CC(C)NCc1c(Br)c(C)nn1CC. The Labute approximate surface area is 99.7 Å². The molecule has 1 unspecified atom stereocenters. The van der Waals surface area contributed by atoms with Crippen molar-refractivity contribution in [1.29, 1.82) is 0 Å². The lowest BCUT2D eigenvalue weighted by molar-refractivity contribution is 0.560. The summed E-state index contributed by atoms with van der Waals surface area (Å²) in [5, 5.41) is 7.80. The number of nitrogens with zero attached hydrogens (tertiary/aromatic N) is 2. The van der Waals surface area contributed by atoms with Crippen LogP contribution in [0.2, 0.25) is 0 Å². The van der Waals surface area contributed by atoms with E-state index in [2.05, 4.69) is 46.8 Å². The summed E-state index contributed by atoms with van der Waals surface area (Å²) in [4.78, 5) is 0. The molecule has 0 radical (unpaired) electrons. The molecular formula is C11H18BrN3. The highest BCUT2D eigenvalue weighted by molar-refractivity contribution is 9.10. The molecule has 1 aromatic heterocycles. The maximum atomic E-state index is 4.44. The first kappa shape index (κ1) is 12.5. The van der Waals surface area contributed by atoms with Crippen molar-refractivity contribution in [3.05, 3.63) is 28.5 Å². The van der Waals surface area contributed by atoms with Gasteiger partial charge in [-0.3, -0.25) is 4.68 Å². The van der Waals surface area contributed by atoms with Gasteiger partial charge in [-0.2, -0.15) is 5.10 Å². The Hall–Kier alpha value is -0.610. The van der Waals surface area contributed by atoms with Crippen LogP contribution in [0.15, 0.2) is 17.1 Å². The van der Waals surface area contributed by atoms with E-state index in [9.17, 15) is 0 Å². The number of halogens is 1. The zero-order valence-corrected chi connectivity index (χ0v) is 11.1. The van der Waals surface area contributed by atoms with Gasteiger partial charge in [0.05, 0.1) is 15.9 Å². The van der Waals surface area contributed by atoms with Crippen LogP contribution in [0.4, 0.5) is 0 Å². The Morgan fingerprint density at radius 1 is 1.67 bits per heavy atom. The van der Waals surface area contributed by atoms with Gasteiger partial charge in [-0.25, -0.2) is 0 Å². The third kappa shape index (κ3) is 2.92. The van der Waals surface area contributed by atoms with E-state index < -0.39 is 0 Å². The Morgan fingerprint density at radius 3 is 2.87 bits per heavy atom. The molecule has 0 aliphatic rings. The third-order valence-electron chi connectivity index (χ3n) is 2.40. The van der Waals surface area contributed by atoms with Gasteiger partial charge in [-0.15, -0.1) is 6.58 Å². The van der Waals surface area contributed by atoms with Crippen LogP contribution in [0.25, 0.3) is 0 Å². The van der Waals surface area contributed by atoms with Gasteiger partial charge >= 0.3 is 0 Å². The van der Waals surface area contributed by atoms with E-state index in [1.165, 1.54) is 5.69 Å². The molecule has 0 aliphatic heterocycles. The predicted octanol–water partition coefficient (Wildman–Crippen LogP) is 2.64. The van der Waals surface area contributed by atoms with Crippen LogP contribution < -0.4 is 5.32 Å². The molecule has 0 fully saturated rings. The fourth-order valence-electron chi connectivity index (χ4n) is 1.38. The molecule has 1 rings (SSSR count). The highest BCUT2D eigenvalue weighted by Gasteiger charge is 2.11. The van der Waals surface area contributed by atoms with Crippen molar-refractivity contribution < 1.29 is 0 Å². The Balaban J connectivity index is 2.78. The van der Waals surface area contributed by atoms with Gasteiger partial charge in [-0.1, -0.05) is 6.08 Å². The number of hydrogen-bond donors (Lipinski definition) is 1. The molecule has 1 N–H and O–H groups in total. The van der Waals surface area contributed by atoms with Gasteiger partial charge in [0.2, 0.25) is 0 Å². The van der Waals surface area contributed by atoms with Crippen molar-refractivity contribution in [2.24, 2.45) is 0 Å². The molecule has 0 saturated heterocycles. The fraction of sp³-hybridized carbons (Fsp3) is 0.545. The van der Waals surface area contributed by atoms with E-state index in [0.29, 0.717) is 6.04 Å². The predicted molar refractivity (Wildman–Crippen MR) is 66.8 cm³/mol. The summed E-state index contributed by atoms with van der Waals surface area (Å²) in [5.41, 5.74) is 2.24. The first-order valence-electron chi connectivity index (χ1n) is 5.17. The van der Waals surface area contributed by atoms with Gasteiger partial charge in [-0.05, 0) is 36.7 Å². The summed E-state index contributed by atoms with van der Waals surface area (Å²) in [7, 11) is 0. The Bertz CT molecular complexity index is 344. The summed E-state index contributed by atoms with van der Waals surface area (Å²) in [5.74, 6) is 0. The van der Waals surface area contributed by atoms with Crippen LogP contribution >= 0.6 is 15.9 Å². The normalized spacial score (nSPS) is 12.8. The standard InChI is InChI=1S/C11H18BrN3/c1-5-8(3)13-7-10-11(12)9(4)14-15(10)6-2/h5,8,13H,1,6-7H2,2-4H3. The molecular weight excluding hydrogens is 254 g/mol. The maximum Gasteiger partial charge on any atom is 0.0739 e. The average molecular weight is 272 g/mol. The fourth-order valence-corrected chi connectivity index (χ4v) is 1.80. The van der Waals surface area contributed by atoms with Crippen molar-refractivity contribution in [3.8, 4) is 0 Å². The lowest BCUT2D eigenvalue weighted by Crippen LogP contribution is -2.24. The van der Waals surface area contributed by atoms with E-state index in [4.69, 9.17) is 0 Å². The minimum atomic E-state index is 0.317. The number of aryl methyl sites for hydroxylation is 2. The molecule has 3 nitrogen and oxygen atoms in total. The van der Waals surface area contributed by atoms with Gasteiger partial charge in [0.25, 0.3) is 0 Å². The molecule has 0 amide bonds. The monoisotopic (exact) mass is 271 g/mol. The molecule has 0 spiro atoms. The number of rotatable bonds is 5. The second kappa shape index (κ2) is 5.47. The third-order valence-corrected chi connectivity index (χ3v) is 3.43. The summed E-state index contributed by atoms with van der Waals surface area (Å²) >= 11 is 3.56. The van der Waals surface area contributed by atoms with Crippen molar-refractivity contribution in [2.75, 3.05) is 0 Å². The van der Waals surface area contributed by atoms with Crippen LogP contribution in [0.3, 0.4) is 0 Å². The highest BCUT2D eigenvalue weighted by atomic mass is 79.9. The van der Waals surface area contributed by atoms with Crippen LogP contribution in [0.5, 0.6) is 0 Å². The van der Waals surface area contributed by atoms with Crippen LogP contribution in [-0.4, -0.2) is 15.8 Å². The lowest BCUT2D eigenvalue weighted by Gasteiger charge is -2.10. The molecule has 15 heavy (non-hydrogen) atoms. The van der Waals surface area contributed by atoms with E-state index in [0.717, 1.165) is 23.3 Å². The number of aromatic nitrogens is 2.